The summed E-state index contributed by atoms with van der Waals surface area (Å²) in [6, 6.07) is 7.52. The van der Waals surface area contributed by atoms with Crippen molar-refractivity contribution in [1.82, 2.24) is 5.32 Å². The maximum Gasteiger partial charge on any atom is 0.242 e. The Balaban J connectivity index is 1.83. The van der Waals surface area contributed by atoms with Gasteiger partial charge in [0, 0.05) is 16.8 Å². The van der Waals surface area contributed by atoms with E-state index in [0.717, 1.165) is 18.5 Å². The van der Waals surface area contributed by atoms with Crippen LogP contribution >= 0.6 is 11.6 Å². The molecule has 1 aromatic carbocycles. The molecule has 1 amide bonds. The number of nitrogens with one attached hydrogen (secondary N) is 2. The van der Waals surface area contributed by atoms with Crippen molar-refractivity contribution in [2.75, 3.05) is 5.32 Å². The number of halogens is 1. The highest BCUT2D eigenvalue weighted by Crippen LogP contribution is 2.18. The Morgan fingerprint density at radius 3 is 2.47 bits per heavy atom. The van der Waals surface area contributed by atoms with E-state index in [0.29, 0.717) is 11.1 Å². The molecule has 3 nitrogen and oxygen atoms in total. The van der Waals surface area contributed by atoms with Gasteiger partial charge < -0.3 is 10.6 Å². The van der Waals surface area contributed by atoms with Crippen LogP contribution in [0.2, 0.25) is 5.02 Å². The lowest BCUT2D eigenvalue weighted by molar-refractivity contribution is -0.122. The maximum absolute atomic E-state index is 12.1. The molecule has 2 N–H and O–H groups in total. The molecule has 1 aliphatic carbocycles. The summed E-state index contributed by atoms with van der Waals surface area (Å²) in [5.41, 5.74) is 0.913. The van der Waals surface area contributed by atoms with Gasteiger partial charge in [-0.1, -0.05) is 30.9 Å². The average molecular weight is 281 g/mol. The minimum atomic E-state index is -0.233. The Labute approximate surface area is 119 Å². The van der Waals surface area contributed by atoms with Crippen molar-refractivity contribution in [3.63, 3.8) is 0 Å². The molecule has 19 heavy (non-hydrogen) atoms. The fraction of sp³-hybridized carbons (Fsp3) is 0.533. The number of rotatable bonds is 4. The summed E-state index contributed by atoms with van der Waals surface area (Å²) in [7, 11) is 0. The zero-order valence-electron chi connectivity index (χ0n) is 11.3. The highest BCUT2D eigenvalue weighted by atomic mass is 35.5. The lowest BCUT2D eigenvalue weighted by Crippen LogP contribution is -2.43. The standard InChI is InChI=1S/C15H21ClN2O/c1-11(17-14-9-7-12(16)8-10-14)15(19)18-13-5-3-2-4-6-13/h7-11,13,17H,2-6H2,1H3,(H,18,19). The lowest BCUT2D eigenvalue weighted by Gasteiger charge is -2.25. The summed E-state index contributed by atoms with van der Waals surface area (Å²) in [5, 5.41) is 7.01. The predicted octanol–water partition coefficient (Wildman–Crippen LogP) is 3.59. The molecular formula is C15H21ClN2O. The van der Waals surface area contributed by atoms with Gasteiger partial charge in [0.15, 0.2) is 0 Å². The summed E-state index contributed by atoms with van der Waals surface area (Å²) in [5.74, 6) is 0.0712. The fourth-order valence-electron chi connectivity index (χ4n) is 2.43. The average Bonchev–Trinajstić information content (AvgIpc) is 2.42. The first kappa shape index (κ1) is 14.2. The van der Waals surface area contributed by atoms with Gasteiger partial charge in [0.1, 0.15) is 6.04 Å². The van der Waals surface area contributed by atoms with Crippen LogP contribution in [-0.2, 0) is 4.79 Å². The van der Waals surface area contributed by atoms with Crippen molar-refractivity contribution in [3.05, 3.63) is 29.3 Å². The first-order valence-corrected chi connectivity index (χ1v) is 7.35. The van der Waals surface area contributed by atoms with Gasteiger partial charge in [0.05, 0.1) is 0 Å². The molecule has 1 fully saturated rings. The van der Waals surface area contributed by atoms with Crippen molar-refractivity contribution in [2.24, 2.45) is 0 Å². The minimum Gasteiger partial charge on any atom is -0.374 e. The second-order valence-electron chi connectivity index (χ2n) is 5.22. The monoisotopic (exact) mass is 280 g/mol. The number of benzene rings is 1. The number of amides is 1. The van der Waals surface area contributed by atoms with Crippen LogP contribution in [0.3, 0.4) is 0 Å². The van der Waals surface area contributed by atoms with Crippen LogP contribution in [0.4, 0.5) is 5.69 Å². The molecule has 0 bridgehead atoms. The van der Waals surface area contributed by atoms with Gasteiger partial charge in [0.2, 0.25) is 5.91 Å². The van der Waals surface area contributed by atoms with E-state index in [2.05, 4.69) is 10.6 Å². The van der Waals surface area contributed by atoms with Gasteiger partial charge in [-0.25, -0.2) is 0 Å². The second kappa shape index (κ2) is 6.80. The Bertz CT molecular complexity index is 413. The third-order valence-electron chi connectivity index (χ3n) is 3.57. The van der Waals surface area contributed by atoms with Crippen LogP contribution < -0.4 is 10.6 Å². The van der Waals surface area contributed by atoms with E-state index in [1.54, 1.807) is 0 Å². The number of hydrogen-bond donors (Lipinski definition) is 2. The molecule has 1 aliphatic rings. The van der Waals surface area contributed by atoms with Crippen LogP contribution in [0.25, 0.3) is 0 Å². The Hall–Kier alpha value is -1.22. The number of carbonyl (C=O) groups excluding carboxylic acids is 1. The smallest absolute Gasteiger partial charge is 0.242 e. The molecule has 1 aromatic rings. The third-order valence-corrected chi connectivity index (χ3v) is 3.82. The van der Waals surface area contributed by atoms with Crippen molar-refractivity contribution in [1.29, 1.82) is 0 Å². The molecule has 0 radical (unpaired) electrons. The lowest BCUT2D eigenvalue weighted by atomic mass is 9.95. The number of carbonyl (C=O) groups is 1. The van der Waals surface area contributed by atoms with E-state index >= 15 is 0 Å². The van der Waals surface area contributed by atoms with Crippen molar-refractivity contribution < 1.29 is 4.79 Å². The van der Waals surface area contributed by atoms with Crippen LogP contribution in [0.15, 0.2) is 24.3 Å². The summed E-state index contributed by atoms with van der Waals surface area (Å²) in [6.07, 6.45) is 5.97. The Kier molecular flexibility index (Phi) is 5.08. The van der Waals surface area contributed by atoms with Crippen LogP contribution in [0.5, 0.6) is 0 Å². The highest BCUT2D eigenvalue weighted by Gasteiger charge is 2.19. The molecule has 0 saturated heterocycles. The quantitative estimate of drug-likeness (QED) is 0.885. The van der Waals surface area contributed by atoms with Gasteiger partial charge in [0.25, 0.3) is 0 Å². The molecule has 1 unspecified atom stereocenters. The molecule has 4 heteroatoms. The van der Waals surface area contributed by atoms with E-state index in [9.17, 15) is 4.79 Å². The molecule has 104 valence electrons. The van der Waals surface area contributed by atoms with Crippen molar-refractivity contribution >= 4 is 23.2 Å². The summed E-state index contributed by atoms with van der Waals surface area (Å²) < 4.78 is 0. The largest absolute Gasteiger partial charge is 0.374 e. The Morgan fingerprint density at radius 1 is 1.21 bits per heavy atom. The van der Waals surface area contributed by atoms with E-state index in [1.807, 2.05) is 31.2 Å². The fourth-order valence-corrected chi connectivity index (χ4v) is 2.56. The minimum absolute atomic E-state index is 0.0712. The van der Waals surface area contributed by atoms with Crippen molar-refractivity contribution in [3.8, 4) is 0 Å². The molecule has 0 heterocycles. The van der Waals surface area contributed by atoms with E-state index < -0.39 is 0 Å². The summed E-state index contributed by atoms with van der Waals surface area (Å²) in [4.78, 5) is 12.1. The zero-order valence-corrected chi connectivity index (χ0v) is 12.0. The van der Waals surface area contributed by atoms with Crippen LogP contribution in [-0.4, -0.2) is 18.0 Å². The van der Waals surface area contributed by atoms with Gasteiger partial charge in [-0.05, 0) is 44.0 Å². The van der Waals surface area contributed by atoms with Crippen LogP contribution in [0.1, 0.15) is 39.0 Å². The van der Waals surface area contributed by atoms with Crippen LogP contribution in [0, 0.1) is 0 Å². The predicted molar refractivity (Wildman–Crippen MR) is 79.6 cm³/mol. The molecule has 1 atom stereocenters. The highest BCUT2D eigenvalue weighted by molar-refractivity contribution is 6.30. The SMILES string of the molecule is CC(Nc1ccc(Cl)cc1)C(=O)NC1CCCCC1. The van der Waals surface area contributed by atoms with E-state index in [1.165, 1.54) is 19.3 Å². The molecule has 0 aliphatic heterocycles. The summed E-state index contributed by atoms with van der Waals surface area (Å²) >= 11 is 5.83. The molecule has 1 saturated carbocycles. The zero-order chi connectivity index (χ0) is 13.7. The second-order valence-corrected chi connectivity index (χ2v) is 5.65. The molecule has 2 rings (SSSR count). The van der Waals surface area contributed by atoms with E-state index in [-0.39, 0.29) is 11.9 Å². The number of hydrogen-bond acceptors (Lipinski definition) is 2. The van der Waals surface area contributed by atoms with Gasteiger partial charge in [-0.15, -0.1) is 0 Å². The summed E-state index contributed by atoms with van der Waals surface area (Å²) in [6.45, 7) is 1.88. The van der Waals surface area contributed by atoms with Gasteiger partial charge in [-0.2, -0.15) is 0 Å². The van der Waals surface area contributed by atoms with E-state index in [4.69, 9.17) is 11.6 Å². The topological polar surface area (TPSA) is 41.1 Å². The molecular weight excluding hydrogens is 260 g/mol. The maximum atomic E-state index is 12.1. The normalized spacial score (nSPS) is 17.8. The Morgan fingerprint density at radius 2 is 1.84 bits per heavy atom. The van der Waals surface area contributed by atoms with Crippen molar-refractivity contribution in [2.45, 2.75) is 51.1 Å². The first-order chi connectivity index (χ1) is 9.15. The first-order valence-electron chi connectivity index (χ1n) is 6.97. The molecule has 0 spiro atoms. The van der Waals surface area contributed by atoms with Gasteiger partial charge >= 0.3 is 0 Å². The number of anilines is 1. The third kappa shape index (κ3) is 4.43. The van der Waals surface area contributed by atoms with Gasteiger partial charge in [-0.3, -0.25) is 4.79 Å². The molecule has 0 aromatic heterocycles.